The average molecular weight is 513 g/mol. The number of halogens is 2. The second kappa shape index (κ2) is 6.12. The van der Waals surface area contributed by atoms with Crippen molar-refractivity contribution in [2.45, 2.75) is 25.2 Å². The van der Waals surface area contributed by atoms with Gasteiger partial charge in [-0.25, -0.2) is 8.78 Å². The fraction of sp³-hybridized carbons (Fsp3) is 0.190. The summed E-state index contributed by atoms with van der Waals surface area (Å²) < 4.78 is 31.1. The van der Waals surface area contributed by atoms with Crippen molar-refractivity contribution < 1.29 is 28.9 Å². The minimum absolute atomic E-state index is 0. The van der Waals surface area contributed by atoms with E-state index in [4.69, 9.17) is 0 Å². The van der Waals surface area contributed by atoms with Crippen molar-refractivity contribution in [3.8, 4) is 22.4 Å². The molecule has 0 N–H and O–H groups in total. The second-order valence-electron chi connectivity index (χ2n) is 6.60. The van der Waals surface area contributed by atoms with Crippen LogP contribution in [0, 0.1) is 6.07 Å². The summed E-state index contributed by atoms with van der Waals surface area (Å²) in [7, 11) is 0. The number of alkyl halides is 2. The third kappa shape index (κ3) is 2.47. The van der Waals surface area contributed by atoms with Gasteiger partial charge < -0.3 is 4.98 Å². The number of hydrogen-bond acceptors (Lipinski definition) is 1. The molecule has 129 valence electrons. The summed E-state index contributed by atoms with van der Waals surface area (Å²) in [4.78, 5) is 4.29. The van der Waals surface area contributed by atoms with Crippen LogP contribution < -0.4 is 0 Å². The van der Waals surface area contributed by atoms with Crippen molar-refractivity contribution in [1.29, 1.82) is 0 Å². The molecule has 0 spiro atoms. The molecule has 3 aromatic rings. The van der Waals surface area contributed by atoms with E-state index in [0.717, 1.165) is 5.56 Å². The quantitative estimate of drug-likeness (QED) is 0.387. The van der Waals surface area contributed by atoms with Crippen molar-refractivity contribution in [2.24, 2.45) is 0 Å². The van der Waals surface area contributed by atoms with Gasteiger partial charge in [0.2, 0.25) is 0 Å². The first-order chi connectivity index (χ1) is 11.4. The van der Waals surface area contributed by atoms with Crippen molar-refractivity contribution in [1.82, 2.24) is 4.98 Å². The molecule has 4 heteroatoms. The molecule has 0 fully saturated rings. The summed E-state index contributed by atoms with van der Waals surface area (Å²) in [5.41, 5.74) is 1.64. The smallest absolute Gasteiger partial charge is 0.276 e. The Kier molecular flexibility index (Phi) is 4.38. The Morgan fingerprint density at radius 3 is 2.36 bits per heavy atom. The molecule has 0 atom stereocenters. The van der Waals surface area contributed by atoms with Gasteiger partial charge in [0.25, 0.3) is 5.92 Å². The minimum atomic E-state index is -3.04. The Balaban J connectivity index is 0.00000182. The van der Waals surface area contributed by atoms with Gasteiger partial charge in [-0.3, -0.25) is 0 Å². The van der Waals surface area contributed by atoms with Crippen LogP contribution in [-0.4, -0.2) is 4.98 Å². The van der Waals surface area contributed by atoms with E-state index in [9.17, 15) is 0 Å². The van der Waals surface area contributed by atoms with Crippen LogP contribution in [-0.2, 0) is 31.4 Å². The van der Waals surface area contributed by atoms with E-state index in [-0.39, 0.29) is 25.7 Å². The average Bonchev–Trinajstić information content (AvgIpc) is 2.61. The number of nitrogens with zero attached hydrogens (tertiary/aromatic N) is 1. The molecule has 1 radical (unpaired) electrons. The van der Waals surface area contributed by atoms with Crippen molar-refractivity contribution in [2.75, 3.05) is 0 Å². The van der Waals surface area contributed by atoms with Crippen LogP contribution in [0.4, 0.5) is 8.78 Å². The summed E-state index contributed by atoms with van der Waals surface area (Å²) >= 11 is 0. The Labute approximate surface area is 159 Å². The number of rotatable bonds is 1. The summed E-state index contributed by atoms with van der Waals surface area (Å²) in [5.74, 6) is -3.04. The predicted octanol–water partition coefficient (Wildman–Crippen LogP) is 5.60. The van der Waals surface area contributed by atoms with Crippen LogP contribution in [0.25, 0.3) is 22.4 Å². The topological polar surface area (TPSA) is 12.9 Å². The zero-order valence-electron chi connectivity index (χ0n) is 13.8. The number of pyridine rings is 1. The third-order valence-corrected chi connectivity index (χ3v) is 4.90. The second-order valence-corrected chi connectivity index (χ2v) is 6.60. The largest absolute Gasteiger partial charge is 0.304 e. The standard InChI is InChI=1S/C21H16F2N.Ir/c1-20(2)17-11-7-6-10-15(17)16-12-13-24-19(18(16)21(20,22)23)14-8-4-3-5-9-14;/h3-8,10-13H,1-2H3;/q-1;. The Hall–Kier alpha value is -1.90. The molecule has 0 saturated heterocycles. The number of hydrogen-bond donors (Lipinski definition) is 0. The first-order valence-electron chi connectivity index (χ1n) is 7.89. The van der Waals surface area contributed by atoms with Gasteiger partial charge in [0, 0.05) is 31.9 Å². The van der Waals surface area contributed by atoms with Gasteiger partial charge in [-0.1, -0.05) is 24.3 Å². The SMILES string of the molecule is CC1(C)c2ccccc2-c2ccnc(-c3[c-]cccc3)c2C1(F)F.[Ir]. The molecule has 0 saturated carbocycles. The summed E-state index contributed by atoms with van der Waals surface area (Å²) in [6.45, 7) is 3.19. The summed E-state index contributed by atoms with van der Waals surface area (Å²) in [5, 5.41) is 0. The van der Waals surface area contributed by atoms with Crippen LogP contribution in [0.15, 0.2) is 60.8 Å². The Bertz CT molecular complexity index is 906. The first kappa shape index (κ1) is 17.9. The van der Waals surface area contributed by atoms with Gasteiger partial charge in [0.05, 0.1) is 5.41 Å². The van der Waals surface area contributed by atoms with Crippen LogP contribution in [0.1, 0.15) is 25.0 Å². The van der Waals surface area contributed by atoms with Gasteiger partial charge in [-0.2, -0.15) is 0 Å². The zero-order chi connectivity index (χ0) is 16.9. The van der Waals surface area contributed by atoms with E-state index in [0.29, 0.717) is 22.4 Å². The van der Waals surface area contributed by atoms with E-state index in [1.54, 1.807) is 44.3 Å². The van der Waals surface area contributed by atoms with E-state index < -0.39 is 11.3 Å². The first-order valence-corrected chi connectivity index (χ1v) is 7.89. The molecule has 1 nitrogen and oxygen atoms in total. The number of benzene rings is 2. The molecule has 1 aliphatic carbocycles. The maximum absolute atomic E-state index is 15.5. The maximum Gasteiger partial charge on any atom is 0.276 e. The fourth-order valence-electron chi connectivity index (χ4n) is 3.49. The molecule has 0 bridgehead atoms. The van der Waals surface area contributed by atoms with Gasteiger partial charge >= 0.3 is 0 Å². The molecule has 1 aliphatic rings. The van der Waals surface area contributed by atoms with Gasteiger partial charge in [0.1, 0.15) is 0 Å². The van der Waals surface area contributed by atoms with Crippen LogP contribution in [0.5, 0.6) is 0 Å². The van der Waals surface area contributed by atoms with Crippen LogP contribution in [0.3, 0.4) is 0 Å². The van der Waals surface area contributed by atoms with E-state index in [2.05, 4.69) is 11.1 Å². The minimum Gasteiger partial charge on any atom is -0.304 e. The van der Waals surface area contributed by atoms with Gasteiger partial charge in [-0.05, 0) is 42.3 Å². The van der Waals surface area contributed by atoms with Crippen LogP contribution >= 0.6 is 0 Å². The monoisotopic (exact) mass is 513 g/mol. The molecule has 4 rings (SSSR count). The molecular weight excluding hydrogens is 496 g/mol. The summed E-state index contributed by atoms with van der Waals surface area (Å²) in [6, 6.07) is 19.2. The number of aromatic nitrogens is 1. The molecule has 0 unspecified atom stereocenters. The third-order valence-electron chi connectivity index (χ3n) is 4.90. The molecular formula is C21H16F2IrN-. The molecule has 1 aromatic heterocycles. The number of fused-ring (bicyclic) bond motifs is 3. The Morgan fingerprint density at radius 1 is 0.920 bits per heavy atom. The maximum atomic E-state index is 15.5. The van der Waals surface area contributed by atoms with E-state index >= 15 is 8.78 Å². The molecule has 0 amide bonds. The normalized spacial score (nSPS) is 16.3. The molecule has 0 aliphatic heterocycles. The van der Waals surface area contributed by atoms with E-state index in [1.165, 1.54) is 0 Å². The fourth-order valence-corrected chi connectivity index (χ4v) is 3.49. The summed E-state index contributed by atoms with van der Waals surface area (Å²) in [6.07, 6.45) is 1.60. The van der Waals surface area contributed by atoms with Gasteiger partial charge in [0.15, 0.2) is 0 Å². The molecule has 25 heavy (non-hydrogen) atoms. The Morgan fingerprint density at radius 2 is 1.64 bits per heavy atom. The van der Waals surface area contributed by atoms with E-state index in [1.807, 2.05) is 30.3 Å². The molecule has 2 aromatic carbocycles. The zero-order valence-corrected chi connectivity index (χ0v) is 16.2. The van der Waals surface area contributed by atoms with Crippen molar-refractivity contribution >= 4 is 0 Å². The van der Waals surface area contributed by atoms with Crippen LogP contribution in [0.2, 0.25) is 0 Å². The predicted molar refractivity (Wildman–Crippen MR) is 90.9 cm³/mol. The van der Waals surface area contributed by atoms with Crippen molar-refractivity contribution in [3.05, 3.63) is 78.0 Å². The van der Waals surface area contributed by atoms with Gasteiger partial charge in [-0.15, -0.1) is 35.9 Å². The van der Waals surface area contributed by atoms with Crippen molar-refractivity contribution in [3.63, 3.8) is 0 Å². The molecule has 1 heterocycles.